The molecule has 0 spiro atoms. The fraction of sp³-hybridized carbons (Fsp3) is 0.571. The number of nitrogen functional groups attached to an aromatic ring is 1. The van der Waals surface area contributed by atoms with Crippen LogP contribution in [-0.2, 0) is 11.3 Å². The molecule has 1 fully saturated rings. The molecule has 0 bridgehead atoms. The zero-order chi connectivity index (χ0) is 13.0. The molecule has 1 aromatic carbocycles. The van der Waals surface area contributed by atoms with Crippen molar-refractivity contribution in [3.05, 3.63) is 23.8 Å². The second-order valence-corrected chi connectivity index (χ2v) is 4.90. The third-order valence-electron chi connectivity index (χ3n) is 3.29. The number of anilines is 1. The first-order valence-corrected chi connectivity index (χ1v) is 6.41. The molecule has 4 nitrogen and oxygen atoms in total. The van der Waals surface area contributed by atoms with Gasteiger partial charge in [-0.15, -0.1) is 0 Å². The highest BCUT2D eigenvalue weighted by atomic mass is 16.5. The van der Waals surface area contributed by atoms with Crippen molar-refractivity contribution in [1.29, 1.82) is 0 Å². The van der Waals surface area contributed by atoms with Crippen molar-refractivity contribution < 1.29 is 9.47 Å². The summed E-state index contributed by atoms with van der Waals surface area (Å²) in [5.74, 6) is 0.856. The highest BCUT2D eigenvalue weighted by Gasteiger charge is 2.18. The van der Waals surface area contributed by atoms with Crippen molar-refractivity contribution in [3.8, 4) is 5.75 Å². The van der Waals surface area contributed by atoms with Crippen LogP contribution in [0.15, 0.2) is 18.2 Å². The normalized spacial score (nSPS) is 19.4. The van der Waals surface area contributed by atoms with Crippen molar-refractivity contribution in [2.24, 2.45) is 0 Å². The summed E-state index contributed by atoms with van der Waals surface area (Å²) in [4.78, 5) is 2.27. The lowest BCUT2D eigenvalue weighted by molar-refractivity contribution is 0.0791. The summed E-state index contributed by atoms with van der Waals surface area (Å²) >= 11 is 0. The van der Waals surface area contributed by atoms with Gasteiger partial charge >= 0.3 is 0 Å². The second kappa shape index (κ2) is 6.07. The number of rotatable bonds is 5. The van der Waals surface area contributed by atoms with Crippen LogP contribution >= 0.6 is 0 Å². The summed E-state index contributed by atoms with van der Waals surface area (Å²) in [6.07, 6.45) is 2.74. The molecule has 2 rings (SSSR count). The highest BCUT2D eigenvalue weighted by molar-refractivity contribution is 5.48. The van der Waals surface area contributed by atoms with Gasteiger partial charge in [0.25, 0.3) is 0 Å². The van der Waals surface area contributed by atoms with Crippen molar-refractivity contribution in [2.75, 3.05) is 33.0 Å². The molecule has 1 saturated heterocycles. The molecule has 1 aliphatic heterocycles. The first kappa shape index (κ1) is 13.2. The van der Waals surface area contributed by atoms with Gasteiger partial charge in [-0.1, -0.05) is 6.07 Å². The van der Waals surface area contributed by atoms with Gasteiger partial charge in [0.05, 0.1) is 13.2 Å². The van der Waals surface area contributed by atoms with Gasteiger partial charge in [-0.25, -0.2) is 0 Å². The Morgan fingerprint density at radius 2 is 2.33 bits per heavy atom. The maximum Gasteiger partial charge on any atom is 0.125 e. The predicted octanol–water partition coefficient (Wildman–Crippen LogP) is 1.89. The predicted molar refractivity (Wildman–Crippen MR) is 72.7 cm³/mol. The Morgan fingerprint density at radius 3 is 3.00 bits per heavy atom. The van der Waals surface area contributed by atoms with Crippen LogP contribution in [0.4, 0.5) is 5.69 Å². The second-order valence-electron chi connectivity index (χ2n) is 4.90. The smallest absolute Gasteiger partial charge is 0.125 e. The van der Waals surface area contributed by atoms with E-state index in [-0.39, 0.29) is 0 Å². The summed E-state index contributed by atoms with van der Waals surface area (Å²) in [6.45, 7) is 2.72. The summed E-state index contributed by atoms with van der Waals surface area (Å²) in [6, 6.07) is 5.81. The third kappa shape index (κ3) is 3.37. The van der Waals surface area contributed by atoms with Gasteiger partial charge < -0.3 is 15.2 Å². The van der Waals surface area contributed by atoms with Gasteiger partial charge in [0.1, 0.15) is 5.75 Å². The minimum Gasteiger partial charge on any atom is -0.496 e. The topological polar surface area (TPSA) is 47.7 Å². The molecule has 0 aromatic heterocycles. The number of methoxy groups -OCH3 is 1. The zero-order valence-corrected chi connectivity index (χ0v) is 11.2. The maximum atomic E-state index is 5.75. The van der Waals surface area contributed by atoms with Gasteiger partial charge in [0.2, 0.25) is 0 Å². The van der Waals surface area contributed by atoms with Gasteiger partial charge in [0.15, 0.2) is 0 Å². The van der Waals surface area contributed by atoms with E-state index in [2.05, 4.69) is 11.9 Å². The molecule has 1 atom stereocenters. The van der Waals surface area contributed by atoms with E-state index in [0.29, 0.717) is 6.10 Å². The fourth-order valence-electron chi connectivity index (χ4n) is 2.38. The number of nitrogens with zero attached hydrogens (tertiary/aromatic N) is 1. The van der Waals surface area contributed by atoms with E-state index in [4.69, 9.17) is 15.2 Å². The Kier molecular flexibility index (Phi) is 4.44. The highest BCUT2D eigenvalue weighted by Crippen LogP contribution is 2.23. The van der Waals surface area contributed by atoms with Crippen molar-refractivity contribution in [3.63, 3.8) is 0 Å². The Balaban J connectivity index is 1.95. The molecular weight excluding hydrogens is 228 g/mol. The van der Waals surface area contributed by atoms with Crippen LogP contribution in [0.1, 0.15) is 18.4 Å². The van der Waals surface area contributed by atoms with Crippen LogP contribution in [0.2, 0.25) is 0 Å². The van der Waals surface area contributed by atoms with E-state index in [1.807, 2.05) is 18.2 Å². The Hall–Kier alpha value is -1.26. The minimum atomic E-state index is 0.384. The first-order chi connectivity index (χ1) is 8.69. The lowest BCUT2D eigenvalue weighted by Crippen LogP contribution is -2.28. The van der Waals surface area contributed by atoms with Gasteiger partial charge in [0, 0.05) is 37.0 Å². The number of nitrogens with two attached hydrogens (primary N) is 1. The Labute approximate surface area is 109 Å². The Bertz CT molecular complexity index is 389. The molecule has 18 heavy (non-hydrogen) atoms. The van der Waals surface area contributed by atoms with Gasteiger partial charge in [-0.3, -0.25) is 4.90 Å². The zero-order valence-electron chi connectivity index (χ0n) is 11.2. The van der Waals surface area contributed by atoms with Crippen molar-refractivity contribution in [2.45, 2.75) is 25.5 Å². The largest absolute Gasteiger partial charge is 0.496 e. The van der Waals surface area contributed by atoms with Crippen LogP contribution in [0.25, 0.3) is 0 Å². The first-order valence-electron chi connectivity index (χ1n) is 6.41. The van der Waals surface area contributed by atoms with Crippen molar-refractivity contribution in [1.82, 2.24) is 4.90 Å². The van der Waals surface area contributed by atoms with Crippen LogP contribution < -0.4 is 10.5 Å². The van der Waals surface area contributed by atoms with E-state index in [0.717, 1.165) is 36.7 Å². The van der Waals surface area contributed by atoms with E-state index >= 15 is 0 Å². The van der Waals surface area contributed by atoms with E-state index in [1.165, 1.54) is 12.8 Å². The lowest BCUT2D eigenvalue weighted by atomic mass is 10.1. The molecule has 0 amide bonds. The molecule has 1 unspecified atom stereocenters. The molecule has 1 aliphatic rings. The molecular formula is C14H22N2O2. The molecule has 0 saturated carbocycles. The van der Waals surface area contributed by atoms with Gasteiger partial charge in [-0.2, -0.15) is 0 Å². The summed E-state index contributed by atoms with van der Waals surface area (Å²) in [5.41, 5.74) is 7.65. The van der Waals surface area contributed by atoms with E-state index in [1.54, 1.807) is 7.11 Å². The van der Waals surface area contributed by atoms with Crippen LogP contribution in [0, 0.1) is 0 Å². The molecule has 1 aromatic rings. The number of benzene rings is 1. The SMILES string of the molecule is COc1cc(N)ccc1CN(C)CC1CCCO1. The minimum absolute atomic E-state index is 0.384. The number of hydrogen-bond acceptors (Lipinski definition) is 4. The van der Waals surface area contributed by atoms with Crippen molar-refractivity contribution >= 4 is 5.69 Å². The van der Waals surface area contributed by atoms with E-state index < -0.39 is 0 Å². The molecule has 0 aliphatic carbocycles. The summed E-state index contributed by atoms with van der Waals surface area (Å²) in [7, 11) is 3.79. The maximum absolute atomic E-state index is 5.75. The number of hydrogen-bond donors (Lipinski definition) is 1. The average molecular weight is 250 g/mol. The standard InChI is InChI=1S/C14H22N2O2/c1-16(10-13-4-3-7-18-13)9-11-5-6-12(15)8-14(11)17-2/h5-6,8,13H,3-4,7,9-10,15H2,1-2H3. The number of ether oxygens (including phenoxy) is 2. The molecule has 100 valence electrons. The number of likely N-dealkylation sites (N-methyl/N-ethyl adjacent to an activating group) is 1. The summed E-state index contributed by atoms with van der Waals surface area (Å²) < 4.78 is 11.0. The molecule has 4 heteroatoms. The molecule has 2 N–H and O–H groups in total. The fourth-order valence-corrected chi connectivity index (χ4v) is 2.38. The monoisotopic (exact) mass is 250 g/mol. The van der Waals surface area contributed by atoms with Crippen LogP contribution in [-0.4, -0.2) is 38.3 Å². The van der Waals surface area contributed by atoms with Gasteiger partial charge in [-0.05, 0) is 26.0 Å². The van der Waals surface area contributed by atoms with Crippen LogP contribution in [0.3, 0.4) is 0 Å². The molecule has 1 heterocycles. The third-order valence-corrected chi connectivity index (χ3v) is 3.29. The average Bonchev–Trinajstić information content (AvgIpc) is 2.84. The van der Waals surface area contributed by atoms with E-state index in [9.17, 15) is 0 Å². The molecule has 0 radical (unpaired) electrons. The van der Waals surface area contributed by atoms with Crippen LogP contribution in [0.5, 0.6) is 5.75 Å². The summed E-state index contributed by atoms with van der Waals surface area (Å²) in [5, 5.41) is 0. The Morgan fingerprint density at radius 1 is 1.50 bits per heavy atom. The lowest BCUT2D eigenvalue weighted by Gasteiger charge is -2.21. The quantitative estimate of drug-likeness (QED) is 0.811.